The highest BCUT2D eigenvalue weighted by molar-refractivity contribution is 6.04. The Morgan fingerprint density at radius 3 is 2.42 bits per heavy atom. The minimum Gasteiger partial charge on any atom is -0.478 e. The predicted octanol–water partition coefficient (Wildman–Crippen LogP) is 4.44. The molecule has 2 heterocycles. The largest absolute Gasteiger partial charge is 0.478 e. The normalized spacial score (nSPS) is 12.1. The van der Waals surface area contributed by atoms with Gasteiger partial charge in [0.15, 0.2) is 0 Å². The molecule has 4 aromatic rings. The van der Waals surface area contributed by atoms with Crippen LogP contribution in [0.2, 0.25) is 0 Å². The van der Waals surface area contributed by atoms with Crippen molar-refractivity contribution in [2.45, 2.75) is 13.0 Å². The zero-order valence-corrected chi connectivity index (χ0v) is 17.5. The van der Waals surface area contributed by atoms with E-state index in [1.807, 2.05) is 42.5 Å². The number of primary amides is 1. The van der Waals surface area contributed by atoms with E-state index in [4.69, 9.17) is 10.5 Å². The molecule has 1 aliphatic rings. The van der Waals surface area contributed by atoms with E-state index in [2.05, 4.69) is 10.4 Å². The average molecular weight is 440 g/mol. The molecular formula is C25H20N4O4. The molecule has 5 rings (SSSR count). The van der Waals surface area contributed by atoms with Crippen LogP contribution in [0.5, 0.6) is 11.5 Å². The summed E-state index contributed by atoms with van der Waals surface area (Å²) in [5.41, 5.74) is 8.88. The number of hydrogen-bond donors (Lipinski definition) is 3. The number of nitrogens with two attached hydrogens (primary N) is 1. The van der Waals surface area contributed by atoms with Gasteiger partial charge in [-0.15, -0.1) is 0 Å². The number of nitrogens with zero attached hydrogens (tertiary/aromatic N) is 2. The summed E-state index contributed by atoms with van der Waals surface area (Å²) < 4.78 is 7.54. The molecule has 8 heteroatoms. The Morgan fingerprint density at radius 2 is 1.73 bits per heavy atom. The van der Waals surface area contributed by atoms with Crippen molar-refractivity contribution in [2.24, 2.45) is 5.73 Å². The molecular weight excluding hydrogens is 420 g/mol. The Morgan fingerprint density at radius 1 is 1.00 bits per heavy atom. The summed E-state index contributed by atoms with van der Waals surface area (Å²) in [6, 6.07) is 21.6. The van der Waals surface area contributed by atoms with Crippen LogP contribution >= 0.6 is 0 Å². The van der Waals surface area contributed by atoms with Crippen molar-refractivity contribution in [1.82, 2.24) is 9.78 Å². The molecule has 33 heavy (non-hydrogen) atoms. The van der Waals surface area contributed by atoms with Crippen LogP contribution in [0, 0.1) is 0 Å². The predicted molar refractivity (Wildman–Crippen MR) is 123 cm³/mol. The third-order valence-electron chi connectivity index (χ3n) is 5.51. The Kier molecular flexibility index (Phi) is 5.02. The Hall–Kier alpha value is -4.59. The minimum absolute atomic E-state index is 0.157. The van der Waals surface area contributed by atoms with Gasteiger partial charge in [-0.05, 0) is 60.5 Å². The minimum atomic E-state index is -1.02. The number of carbonyl (C=O) groups is 2. The van der Waals surface area contributed by atoms with Gasteiger partial charge in [0.25, 0.3) is 5.91 Å². The van der Waals surface area contributed by atoms with Gasteiger partial charge < -0.3 is 20.9 Å². The lowest BCUT2D eigenvalue weighted by Gasteiger charge is -2.10. The number of benzene rings is 3. The number of fused-ring (bicyclic) bond motifs is 2. The maximum absolute atomic E-state index is 12.4. The van der Waals surface area contributed by atoms with Gasteiger partial charge in [0, 0.05) is 17.8 Å². The van der Waals surface area contributed by atoms with Crippen LogP contribution < -0.4 is 15.8 Å². The second kappa shape index (κ2) is 8.16. The van der Waals surface area contributed by atoms with E-state index in [9.17, 15) is 14.7 Å². The summed E-state index contributed by atoms with van der Waals surface area (Å²) in [4.78, 5) is 23.8. The zero-order chi connectivity index (χ0) is 22.9. The number of amides is 1. The van der Waals surface area contributed by atoms with Crippen molar-refractivity contribution in [3.8, 4) is 22.8 Å². The fraction of sp³-hybridized carbons (Fsp3) is 0.0800. The third kappa shape index (κ3) is 3.89. The first-order chi connectivity index (χ1) is 16.0. The first-order valence-electron chi connectivity index (χ1n) is 10.4. The molecule has 4 N–H and O–H groups in total. The fourth-order valence-electron chi connectivity index (χ4n) is 3.89. The maximum Gasteiger partial charge on any atom is 0.335 e. The van der Waals surface area contributed by atoms with E-state index in [0.29, 0.717) is 41.5 Å². The van der Waals surface area contributed by atoms with Crippen molar-refractivity contribution in [3.05, 3.63) is 89.5 Å². The number of aromatic carboxylic acids is 1. The molecule has 8 nitrogen and oxygen atoms in total. The molecule has 0 radical (unpaired) electrons. The third-order valence-corrected chi connectivity index (χ3v) is 5.51. The molecule has 0 atom stereocenters. The summed E-state index contributed by atoms with van der Waals surface area (Å²) >= 11 is 0. The Balaban J connectivity index is 1.51. The fourth-order valence-corrected chi connectivity index (χ4v) is 3.89. The van der Waals surface area contributed by atoms with E-state index in [1.54, 1.807) is 35.0 Å². The van der Waals surface area contributed by atoms with Crippen molar-refractivity contribution in [1.29, 1.82) is 0 Å². The van der Waals surface area contributed by atoms with Crippen LogP contribution in [-0.4, -0.2) is 26.8 Å². The van der Waals surface area contributed by atoms with Gasteiger partial charge in [-0.1, -0.05) is 24.3 Å². The summed E-state index contributed by atoms with van der Waals surface area (Å²) in [5, 5.41) is 17.2. The number of carboxylic acids is 1. The number of carboxylic acid groups (broad SMARTS) is 1. The van der Waals surface area contributed by atoms with Gasteiger partial charge in [0.1, 0.15) is 28.6 Å². The molecule has 1 amide bonds. The average Bonchev–Trinajstić information content (AvgIpc) is 3.08. The molecule has 0 saturated carbocycles. The molecule has 1 aromatic heterocycles. The lowest BCUT2D eigenvalue weighted by Crippen LogP contribution is -2.14. The standard InChI is InChI=1S/C25H20N4O4/c26-23(30)21-22(16-8-10-19(11-9-16)33-18-4-2-1-3-5-18)28-29-13-12-15-6-7-17(25(31)32)14-20(15)27-24(21)29/h1-11,14,27H,12-13H2,(H2,26,30)(H,31,32). The van der Waals surface area contributed by atoms with Crippen molar-refractivity contribution >= 4 is 23.4 Å². The maximum atomic E-state index is 12.4. The van der Waals surface area contributed by atoms with E-state index < -0.39 is 11.9 Å². The summed E-state index contributed by atoms with van der Waals surface area (Å²) in [6.07, 6.45) is 0.623. The van der Waals surface area contributed by atoms with E-state index in [0.717, 1.165) is 11.3 Å². The number of nitrogens with one attached hydrogen (secondary N) is 1. The summed E-state index contributed by atoms with van der Waals surface area (Å²) in [6.45, 7) is 0.511. The Bertz CT molecular complexity index is 1360. The number of ether oxygens (including phenoxy) is 1. The number of aryl methyl sites for hydroxylation is 2. The molecule has 0 bridgehead atoms. The summed E-state index contributed by atoms with van der Waals surface area (Å²) in [7, 11) is 0. The van der Waals surface area contributed by atoms with Crippen molar-refractivity contribution < 1.29 is 19.4 Å². The second-order valence-corrected chi connectivity index (χ2v) is 7.65. The molecule has 3 aromatic carbocycles. The van der Waals surface area contributed by atoms with E-state index in [1.165, 1.54) is 0 Å². The monoisotopic (exact) mass is 440 g/mol. The first kappa shape index (κ1) is 20.3. The first-order valence-corrected chi connectivity index (χ1v) is 10.4. The molecule has 0 saturated heterocycles. The highest BCUT2D eigenvalue weighted by Gasteiger charge is 2.26. The molecule has 0 unspecified atom stereocenters. The highest BCUT2D eigenvalue weighted by Crippen LogP contribution is 2.35. The SMILES string of the molecule is NC(=O)c1c(-c2ccc(Oc3ccccc3)cc2)nn2c1Nc1cc(C(=O)O)ccc1CC2. The van der Waals surface area contributed by atoms with Gasteiger partial charge in [0.2, 0.25) is 0 Å². The second-order valence-electron chi connectivity index (χ2n) is 7.65. The highest BCUT2D eigenvalue weighted by atomic mass is 16.5. The quantitative estimate of drug-likeness (QED) is 0.422. The molecule has 1 aliphatic heterocycles. The topological polar surface area (TPSA) is 119 Å². The number of rotatable bonds is 5. The zero-order valence-electron chi connectivity index (χ0n) is 17.5. The van der Waals surface area contributed by atoms with Gasteiger partial charge in [0.05, 0.1) is 5.56 Å². The molecule has 0 spiro atoms. The van der Waals surface area contributed by atoms with E-state index >= 15 is 0 Å². The van der Waals surface area contributed by atoms with Crippen LogP contribution in [0.4, 0.5) is 11.5 Å². The van der Waals surface area contributed by atoms with Crippen LogP contribution in [0.3, 0.4) is 0 Å². The van der Waals surface area contributed by atoms with Gasteiger partial charge in [-0.3, -0.25) is 4.79 Å². The number of anilines is 2. The van der Waals surface area contributed by atoms with Crippen molar-refractivity contribution in [3.63, 3.8) is 0 Å². The summed E-state index contributed by atoms with van der Waals surface area (Å²) in [5.74, 6) is 0.176. The van der Waals surface area contributed by atoms with Gasteiger partial charge >= 0.3 is 5.97 Å². The van der Waals surface area contributed by atoms with Crippen LogP contribution in [-0.2, 0) is 13.0 Å². The van der Waals surface area contributed by atoms with Gasteiger partial charge in [-0.2, -0.15) is 5.10 Å². The number of hydrogen-bond acceptors (Lipinski definition) is 5. The lowest BCUT2D eigenvalue weighted by molar-refractivity contribution is 0.0696. The van der Waals surface area contributed by atoms with E-state index in [-0.39, 0.29) is 11.1 Å². The number of aromatic nitrogens is 2. The van der Waals surface area contributed by atoms with Gasteiger partial charge in [-0.25, -0.2) is 9.48 Å². The molecule has 0 aliphatic carbocycles. The Labute approximate surface area is 189 Å². The smallest absolute Gasteiger partial charge is 0.335 e. The number of para-hydroxylation sites is 1. The van der Waals surface area contributed by atoms with Crippen LogP contribution in [0.25, 0.3) is 11.3 Å². The lowest BCUT2D eigenvalue weighted by atomic mass is 10.1. The van der Waals surface area contributed by atoms with Crippen molar-refractivity contribution in [2.75, 3.05) is 5.32 Å². The molecule has 164 valence electrons. The number of carbonyl (C=O) groups excluding carboxylic acids is 1. The van der Waals surface area contributed by atoms with Crippen LogP contribution in [0.15, 0.2) is 72.8 Å². The van der Waals surface area contributed by atoms with Crippen LogP contribution in [0.1, 0.15) is 26.3 Å². The molecule has 0 fully saturated rings.